The average molecular weight is 210 g/mol. The first-order valence-corrected chi connectivity index (χ1v) is 3.61. The van der Waals surface area contributed by atoms with E-state index in [-0.39, 0.29) is 17.0 Å². The summed E-state index contributed by atoms with van der Waals surface area (Å²) < 4.78 is 5.16. The number of hydrogen-bond acceptors (Lipinski definition) is 2. The predicted molar refractivity (Wildman–Crippen MR) is 47.6 cm³/mol. The van der Waals surface area contributed by atoms with Gasteiger partial charge in [-0.3, -0.25) is 4.90 Å². The van der Waals surface area contributed by atoms with Gasteiger partial charge >= 0.3 is 0 Å². The third-order valence-corrected chi connectivity index (χ3v) is 2.00. The van der Waals surface area contributed by atoms with Crippen molar-refractivity contribution in [3.05, 3.63) is 0 Å². The highest BCUT2D eigenvalue weighted by molar-refractivity contribution is 8.93. The van der Waals surface area contributed by atoms with Crippen molar-refractivity contribution in [1.29, 1.82) is 0 Å². The Morgan fingerprint density at radius 1 is 1.30 bits per heavy atom. The molecule has 0 aliphatic carbocycles. The van der Waals surface area contributed by atoms with Crippen molar-refractivity contribution < 1.29 is 4.74 Å². The molecule has 1 aliphatic heterocycles. The summed E-state index contributed by atoms with van der Waals surface area (Å²) in [6.45, 7) is 4.54. The number of nitrogens with zero attached hydrogens (tertiary/aromatic N) is 1. The van der Waals surface area contributed by atoms with Gasteiger partial charge in [0.15, 0.2) is 0 Å². The van der Waals surface area contributed by atoms with E-state index in [9.17, 15) is 0 Å². The van der Waals surface area contributed by atoms with Gasteiger partial charge in [-0.25, -0.2) is 0 Å². The summed E-state index contributed by atoms with van der Waals surface area (Å²) in [6.07, 6.45) is 3.01. The van der Waals surface area contributed by atoms with Crippen LogP contribution in [0.2, 0.25) is 0 Å². The summed E-state index contributed by atoms with van der Waals surface area (Å²) in [6, 6.07) is 0. The quantitative estimate of drug-likeness (QED) is 0.687. The second-order valence-electron chi connectivity index (χ2n) is 2.58. The highest BCUT2D eigenvalue weighted by Crippen LogP contribution is 2.10. The summed E-state index contributed by atoms with van der Waals surface area (Å²) >= 11 is 0. The Bertz CT molecular complexity index is 83.7. The van der Waals surface area contributed by atoms with Gasteiger partial charge in [-0.15, -0.1) is 17.0 Å². The van der Waals surface area contributed by atoms with Crippen LogP contribution >= 0.6 is 17.0 Å². The lowest BCUT2D eigenvalue weighted by Crippen LogP contribution is -2.31. The first-order chi connectivity index (χ1) is 4.34. The van der Waals surface area contributed by atoms with E-state index in [1.54, 1.807) is 7.11 Å². The van der Waals surface area contributed by atoms with Gasteiger partial charge in [-0.1, -0.05) is 0 Å². The maximum absolute atomic E-state index is 5.16. The minimum Gasteiger partial charge on any atom is -0.367 e. The molecule has 1 rings (SSSR count). The molecule has 62 valence electrons. The molecule has 0 aromatic heterocycles. The smallest absolute Gasteiger partial charge is 0.107 e. The molecule has 0 radical (unpaired) electrons. The number of halogens is 1. The molecule has 0 aromatic carbocycles. The second kappa shape index (κ2) is 5.10. The number of methoxy groups -OCH3 is 1. The van der Waals surface area contributed by atoms with Crippen LogP contribution in [0.5, 0.6) is 0 Å². The highest BCUT2D eigenvalue weighted by atomic mass is 79.9. The van der Waals surface area contributed by atoms with E-state index in [0.29, 0.717) is 6.23 Å². The van der Waals surface area contributed by atoms with E-state index in [1.165, 1.54) is 25.9 Å². The van der Waals surface area contributed by atoms with E-state index in [2.05, 4.69) is 11.8 Å². The summed E-state index contributed by atoms with van der Waals surface area (Å²) in [5, 5.41) is 0. The lowest BCUT2D eigenvalue weighted by atomic mass is 10.4. The Balaban J connectivity index is 0.000000810. The zero-order chi connectivity index (χ0) is 6.69. The molecule has 10 heavy (non-hydrogen) atoms. The number of likely N-dealkylation sites (tertiary alicyclic amines) is 1. The van der Waals surface area contributed by atoms with E-state index in [1.807, 2.05) is 0 Å². The lowest BCUT2D eigenvalue weighted by molar-refractivity contribution is -0.00478. The Morgan fingerprint density at radius 3 is 2.20 bits per heavy atom. The summed E-state index contributed by atoms with van der Waals surface area (Å²) in [5.74, 6) is 0. The fourth-order valence-electron chi connectivity index (χ4n) is 1.25. The van der Waals surface area contributed by atoms with Gasteiger partial charge in [0.2, 0.25) is 0 Å². The number of ether oxygens (including phenoxy) is 1. The molecule has 0 bridgehead atoms. The monoisotopic (exact) mass is 209 g/mol. The standard InChI is InChI=1S/C7H15NO.BrH/c1-7(9-2)8-5-3-4-6-8;/h7H,3-6H2,1-2H3;1H. The van der Waals surface area contributed by atoms with Crippen LogP contribution in [0.1, 0.15) is 19.8 Å². The minimum atomic E-state index is 0. The zero-order valence-electron chi connectivity index (χ0n) is 6.67. The fraction of sp³-hybridized carbons (Fsp3) is 1.00. The predicted octanol–water partition coefficient (Wildman–Crippen LogP) is 1.65. The van der Waals surface area contributed by atoms with Crippen LogP contribution in [-0.4, -0.2) is 31.3 Å². The van der Waals surface area contributed by atoms with E-state index in [4.69, 9.17) is 4.74 Å². The molecule has 1 fully saturated rings. The topological polar surface area (TPSA) is 12.5 Å². The van der Waals surface area contributed by atoms with Crippen molar-refractivity contribution in [2.24, 2.45) is 0 Å². The molecule has 1 heterocycles. The number of hydrogen-bond donors (Lipinski definition) is 0. The largest absolute Gasteiger partial charge is 0.367 e. The van der Waals surface area contributed by atoms with Crippen molar-refractivity contribution >= 4 is 17.0 Å². The molecule has 1 unspecified atom stereocenters. The van der Waals surface area contributed by atoms with Crippen LogP contribution in [0.25, 0.3) is 0 Å². The Hall–Kier alpha value is 0.400. The normalized spacial score (nSPS) is 22.2. The molecule has 1 aliphatic rings. The van der Waals surface area contributed by atoms with Crippen LogP contribution in [0.3, 0.4) is 0 Å². The van der Waals surface area contributed by atoms with Gasteiger partial charge in [0, 0.05) is 20.2 Å². The average Bonchev–Trinajstić information content (AvgIpc) is 2.37. The first-order valence-electron chi connectivity index (χ1n) is 3.61. The molecule has 3 heteroatoms. The molecule has 1 atom stereocenters. The maximum atomic E-state index is 5.16. The van der Waals surface area contributed by atoms with Gasteiger partial charge < -0.3 is 4.74 Å². The van der Waals surface area contributed by atoms with Crippen molar-refractivity contribution in [2.45, 2.75) is 26.0 Å². The highest BCUT2D eigenvalue weighted by Gasteiger charge is 2.16. The van der Waals surface area contributed by atoms with Gasteiger partial charge in [0.1, 0.15) is 6.23 Å². The molecule has 0 saturated carbocycles. The van der Waals surface area contributed by atoms with Crippen LogP contribution in [0, 0.1) is 0 Å². The minimum absolute atomic E-state index is 0. The summed E-state index contributed by atoms with van der Waals surface area (Å²) in [7, 11) is 1.77. The summed E-state index contributed by atoms with van der Waals surface area (Å²) in [4.78, 5) is 2.36. The van der Waals surface area contributed by atoms with Gasteiger partial charge in [0.05, 0.1) is 0 Å². The van der Waals surface area contributed by atoms with Crippen LogP contribution in [-0.2, 0) is 4.74 Å². The summed E-state index contributed by atoms with van der Waals surface area (Å²) in [5.41, 5.74) is 0. The van der Waals surface area contributed by atoms with Crippen molar-refractivity contribution in [1.82, 2.24) is 4.90 Å². The molecule has 0 amide bonds. The van der Waals surface area contributed by atoms with E-state index >= 15 is 0 Å². The molecule has 0 spiro atoms. The zero-order valence-corrected chi connectivity index (χ0v) is 8.38. The third kappa shape index (κ3) is 2.56. The SMILES string of the molecule is Br.COC(C)N1CCCC1. The molecular formula is C7H16BrNO. The molecule has 0 aromatic rings. The van der Waals surface area contributed by atoms with Crippen molar-refractivity contribution in [2.75, 3.05) is 20.2 Å². The molecule has 0 N–H and O–H groups in total. The Morgan fingerprint density at radius 2 is 1.80 bits per heavy atom. The Labute approximate surface area is 73.3 Å². The van der Waals surface area contributed by atoms with Crippen LogP contribution in [0.15, 0.2) is 0 Å². The maximum Gasteiger partial charge on any atom is 0.107 e. The third-order valence-electron chi connectivity index (χ3n) is 2.00. The van der Waals surface area contributed by atoms with Crippen molar-refractivity contribution in [3.63, 3.8) is 0 Å². The Kier molecular flexibility index (Phi) is 5.31. The van der Waals surface area contributed by atoms with Gasteiger partial charge in [-0.2, -0.15) is 0 Å². The van der Waals surface area contributed by atoms with Crippen LogP contribution < -0.4 is 0 Å². The van der Waals surface area contributed by atoms with Crippen molar-refractivity contribution in [3.8, 4) is 0 Å². The fourth-order valence-corrected chi connectivity index (χ4v) is 1.25. The van der Waals surface area contributed by atoms with Gasteiger partial charge in [-0.05, 0) is 19.8 Å². The molecule has 1 saturated heterocycles. The molecule has 2 nitrogen and oxygen atoms in total. The molecular weight excluding hydrogens is 194 g/mol. The lowest BCUT2D eigenvalue weighted by Gasteiger charge is -2.21. The van der Waals surface area contributed by atoms with E-state index in [0.717, 1.165) is 0 Å². The first kappa shape index (κ1) is 10.4. The second-order valence-corrected chi connectivity index (χ2v) is 2.58. The van der Waals surface area contributed by atoms with E-state index < -0.39 is 0 Å². The number of rotatable bonds is 2. The van der Waals surface area contributed by atoms with Crippen LogP contribution in [0.4, 0.5) is 0 Å². The van der Waals surface area contributed by atoms with Gasteiger partial charge in [0.25, 0.3) is 0 Å².